The van der Waals surface area contributed by atoms with Crippen LogP contribution in [0.1, 0.15) is 26.3 Å². The summed E-state index contributed by atoms with van der Waals surface area (Å²) in [5, 5.41) is 2.18. The van der Waals surface area contributed by atoms with Crippen LogP contribution in [0.5, 0.6) is 23.0 Å². The lowest BCUT2D eigenvalue weighted by Crippen LogP contribution is -2.18. The molecule has 0 unspecified atom stereocenters. The van der Waals surface area contributed by atoms with E-state index >= 15 is 0 Å². The second kappa shape index (κ2) is 10.2. The number of alkyl halides is 6. The normalized spacial score (nSPS) is 11.6. The van der Waals surface area contributed by atoms with Crippen molar-refractivity contribution in [2.45, 2.75) is 12.5 Å². The Labute approximate surface area is 203 Å². The molecule has 0 radical (unpaired) electrons. The summed E-state index contributed by atoms with van der Waals surface area (Å²) in [4.78, 5) is 24.2. The van der Waals surface area contributed by atoms with E-state index in [0.29, 0.717) is 6.07 Å². The number of nitrogens with one attached hydrogen (secondary N) is 1. The van der Waals surface area contributed by atoms with E-state index in [9.17, 15) is 40.3 Å². The molecule has 0 heterocycles. The zero-order chi connectivity index (χ0) is 27.5. The Morgan fingerprint density at radius 3 is 2.03 bits per heavy atom. The van der Waals surface area contributed by atoms with Gasteiger partial charge in [-0.05, 0) is 54.6 Å². The Balaban J connectivity index is 2.02. The molecule has 3 N–H and O–H groups in total. The topological polar surface area (TPSA) is 99.9 Å². The zero-order valence-electron chi connectivity index (χ0n) is 18.5. The van der Waals surface area contributed by atoms with Gasteiger partial charge in [0, 0.05) is 5.69 Å². The molecule has 37 heavy (non-hydrogen) atoms. The van der Waals surface area contributed by atoms with Gasteiger partial charge in [0.15, 0.2) is 0 Å². The molecule has 14 heteroatoms. The van der Waals surface area contributed by atoms with Gasteiger partial charge in [0.1, 0.15) is 34.4 Å². The fraction of sp³-hybridized carbons (Fsp3) is 0.130. The van der Waals surface area contributed by atoms with Crippen LogP contribution in [0.25, 0.3) is 0 Å². The third kappa shape index (κ3) is 6.59. The van der Waals surface area contributed by atoms with E-state index in [-0.39, 0.29) is 11.4 Å². The maximum Gasteiger partial charge on any atom is 0.573 e. The van der Waals surface area contributed by atoms with Crippen molar-refractivity contribution >= 4 is 17.5 Å². The van der Waals surface area contributed by atoms with E-state index in [2.05, 4.69) is 10.1 Å². The van der Waals surface area contributed by atoms with E-state index in [1.54, 1.807) is 0 Å². The lowest BCUT2D eigenvalue weighted by molar-refractivity contribution is -0.274. The number of methoxy groups -OCH3 is 1. The minimum atomic E-state index is -4.95. The number of hydrogen-bond donors (Lipinski definition) is 2. The molecular weight excluding hydrogens is 517 g/mol. The number of amides is 2. The second-order valence-electron chi connectivity index (χ2n) is 7.15. The minimum absolute atomic E-state index is 0.165. The van der Waals surface area contributed by atoms with Crippen molar-refractivity contribution in [3.8, 4) is 23.0 Å². The van der Waals surface area contributed by atoms with Gasteiger partial charge >= 0.3 is 12.5 Å². The van der Waals surface area contributed by atoms with Gasteiger partial charge in [0.05, 0.1) is 18.2 Å². The van der Waals surface area contributed by atoms with Crippen LogP contribution in [-0.4, -0.2) is 25.3 Å². The highest BCUT2D eigenvalue weighted by Gasteiger charge is 2.38. The number of halogens is 7. The summed E-state index contributed by atoms with van der Waals surface area (Å²) in [5.41, 5.74) is 2.19. The Morgan fingerprint density at radius 2 is 1.51 bits per heavy atom. The van der Waals surface area contributed by atoms with E-state index in [1.165, 1.54) is 0 Å². The Kier molecular flexibility index (Phi) is 7.50. The monoisotopic (exact) mass is 532 g/mol. The fourth-order valence-corrected chi connectivity index (χ4v) is 3.12. The number of rotatable bonds is 7. The lowest BCUT2D eigenvalue weighted by atomic mass is 10.1. The van der Waals surface area contributed by atoms with Gasteiger partial charge in [-0.3, -0.25) is 9.59 Å². The molecular formula is C23H15F7N2O5. The molecule has 0 bridgehead atoms. The Hall–Kier alpha value is -4.49. The first kappa shape index (κ1) is 27.1. The van der Waals surface area contributed by atoms with E-state index < -0.39 is 64.1 Å². The van der Waals surface area contributed by atoms with Gasteiger partial charge in [-0.25, -0.2) is 4.39 Å². The number of anilines is 1. The van der Waals surface area contributed by atoms with Gasteiger partial charge in [0.2, 0.25) is 0 Å². The zero-order valence-corrected chi connectivity index (χ0v) is 18.5. The van der Waals surface area contributed by atoms with Gasteiger partial charge in [-0.2, -0.15) is 13.2 Å². The third-order valence-electron chi connectivity index (χ3n) is 4.63. The number of benzene rings is 3. The lowest BCUT2D eigenvalue weighted by Gasteiger charge is -2.19. The van der Waals surface area contributed by atoms with Crippen LogP contribution in [0, 0.1) is 5.82 Å². The molecule has 2 amide bonds. The van der Waals surface area contributed by atoms with Crippen LogP contribution in [0.15, 0.2) is 54.6 Å². The van der Waals surface area contributed by atoms with Gasteiger partial charge in [-0.15, -0.1) is 13.2 Å². The summed E-state index contributed by atoms with van der Waals surface area (Å²) >= 11 is 0. The number of primary amides is 1. The van der Waals surface area contributed by atoms with Crippen LogP contribution in [0.3, 0.4) is 0 Å². The summed E-state index contributed by atoms with van der Waals surface area (Å²) in [6.07, 6.45) is -9.91. The predicted molar refractivity (Wildman–Crippen MR) is 114 cm³/mol. The van der Waals surface area contributed by atoms with Crippen LogP contribution in [-0.2, 0) is 6.18 Å². The molecule has 0 aliphatic carbocycles. The number of carbonyl (C=O) groups excluding carboxylic acids is 2. The molecule has 196 valence electrons. The van der Waals surface area contributed by atoms with E-state index in [4.69, 9.17) is 15.2 Å². The van der Waals surface area contributed by atoms with Gasteiger partial charge in [-0.1, -0.05) is 0 Å². The molecule has 0 saturated carbocycles. The highest BCUT2D eigenvalue weighted by atomic mass is 19.4. The number of hydrogen-bond acceptors (Lipinski definition) is 5. The molecule has 0 aromatic heterocycles. The first-order valence-corrected chi connectivity index (χ1v) is 9.92. The smallest absolute Gasteiger partial charge is 0.495 e. The molecule has 7 nitrogen and oxygen atoms in total. The number of nitrogens with two attached hydrogens (primary N) is 1. The highest BCUT2D eigenvalue weighted by molar-refractivity contribution is 6.09. The summed E-state index contributed by atoms with van der Waals surface area (Å²) in [5.74, 6) is -5.57. The third-order valence-corrected chi connectivity index (χ3v) is 4.63. The summed E-state index contributed by atoms with van der Waals surface area (Å²) in [6, 6.07) is 7.94. The van der Waals surface area contributed by atoms with Crippen LogP contribution in [0.4, 0.5) is 36.4 Å². The Bertz CT molecular complexity index is 1320. The molecule has 0 aliphatic heterocycles. The first-order chi connectivity index (χ1) is 17.2. The summed E-state index contributed by atoms with van der Waals surface area (Å²) in [6.45, 7) is 0. The second-order valence-corrected chi connectivity index (χ2v) is 7.15. The maximum atomic E-state index is 14.1. The van der Waals surface area contributed by atoms with Crippen molar-refractivity contribution in [3.05, 3.63) is 77.1 Å². The van der Waals surface area contributed by atoms with E-state index in [0.717, 1.165) is 55.6 Å². The van der Waals surface area contributed by atoms with Crippen molar-refractivity contribution in [2.24, 2.45) is 5.73 Å². The molecule has 3 aromatic rings. The van der Waals surface area contributed by atoms with Crippen molar-refractivity contribution < 1.29 is 54.5 Å². The standard InChI is InChI=1S/C23H15F7N2O5/c1-35-19-15(22(25,26)27)8-9-17(36-12-3-5-13(6-4-12)37-23(28,29)30)18(19)21(34)32-11-2-7-14(20(31)33)16(24)10-11/h2-10H,1H3,(H2,31,33)(H,32,34). The largest absolute Gasteiger partial charge is 0.573 e. The Morgan fingerprint density at radius 1 is 0.892 bits per heavy atom. The predicted octanol–water partition coefficient (Wildman–Crippen LogP) is 5.90. The molecule has 0 aliphatic rings. The van der Waals surface area contributed by atoms with Gasteiger partial charge in [0.25, 0.3) is 11.8 Å². The molecule has 0 atom stereocenters. The fourth-order valence-electron chi connectivity index (χ4n) is 3.12. The van der Waals surface area contributed by atoms with Gasteiger partial charge < -0.3 is 25.3 Å². The summed E-state index contributed by atoms with van der Waals surface area (Å²) < 4.78 is 106. The quantitative estimate of drug-likeness (QED) is 0.370. The van der Waals surface area contributed by atoms with Crippen molar-refractivity contribution in [2.75, 3.05) is 12.4 Å². The van der Waals surface area contributed by atoms with Crippen molar-refractivity contribution in [3.63, 3.8) is 0 Å². The minimum Gasteiger partial charge on any atom is -0.495 e. The number of carbonyl (C=O) groups is 2. The first-order valence-electron chi connectivity index (χ1n) is 9.92. The van der Waals surface area contributed by atoms with Crippen LogP contribution >= 0.6 is 0 Å². The maximum absolute atomic E-state index is 14.1. The molecule has 3 rings (SSSR count). The van der Waals surface area contributed by atoms with Crippen LogP contribution < -0.4 is 25.3 Å². The van der Waals surface area contributed by atoms with E-state index in [1.807, 2.05) is 0 Å². The summed E-state index contributed by atoms with van der Waals surface area (Å²) in [7, 11) is 0.871. The average molecular weight is 532 g/mol. The molecule has 0 spiro atoms. The van der Waals surface area contributed by atoms with Crippen LogP contribution in [0.2, 0.25) is 0 Å². The molecule has 3 aromatic carbocycles. The van der Waals surface area contributed by atoms with Crippen molar-refractivity contribution in [1.82, 2.24) is 0 Å². The SMILES string of the molecule is COc1c(C(F)(F)F)ccc(Oc2ccc(OC(F)(F)F)cc2)c1C(=O)Nc1ccc(C(N)=O)c(F)c1. The van der Waals surface area contributed by atoms with Crippen molar-refractivity contribution in [1.29, 1.82) is 0 Å². The number of ether oxygens (including phenoxy) is 3. The average Bonchev–Trinajstić information content (AvgIpc) is 2.78. The highest BCUT2D eigenvalue weighted by Crippen LogP contribution is 2.43. The molecule has 0 saturated heterocycles. The molecule has 0 fully saturated rings.